The smallest absolute Gasteiger partial charge is 0.313 e. The van der Waals surface area contributed by atoms with Crippen molar-refractivity contribution in [2.24, 2.45) is 0 Å². The second-order valence-corrected chi connectivity index (χ2v) is 6.90. The van der Waals surface area contributed by atoms with Crippen molar-refractivity contribution in [1.29, 1.82) is 0 Å². The normalized spacial score (nSPS) is 15.5. The van der Waals surface area contributed by atoms with Crippen LogP contribution < -0.4 is 5.32 Å². The summed E-state index contributed by atoms with van der Waals surface area (Å²) in [4.78, 5) is 45.3. The minimum atomic E-state index is -0.908. The maximum Gasteiger partial charge on any atom is 0.313 e. The summed E-state index contributed by atoms with van der Waals surface area (Å²) in [6, 6.07) is 8.04. The van der Waals surface area contributed by atoms with Crippen LogP contribution >= 0.6 is 0 Å². The van der Waals surface area contributed by atoms with Gasteiger partial charge in [-0.05, 0) is 12.0 Å². The van der Waals surface area contributed by atoms with E-state index in [-0.39, 0.29) is 6.54 Å². The molecule has 0 saturated carbocycles. The average molecular weight is 399 g/mol. The molecule has 3 rings (SSSR count). The van der Waals surface area contributed by atoms with Crippen LogP contribution in [0.1, 0.15) is 43.1 Å². The van der Waals surface area contributed by atoms with Crippen LogP contribution in [0, 0.1) is 6.92 Å². The number of nitrogens with zero attached hydrogens (tertiary/aromatic N) is 4. The third-order valence-electron chi connectivity index (χ3n) is 4.79. The SMILES string of the molecule is CCCCN1CCN([C@H](C(=O)NCc2noc(C)n2)c2ccccc2)C(=O)C1=O. The highest BCUT2D eigenvalue weighted by Crippen LogP contribution is 2.24. The maximum absolute atomic E-state index is 13.0. The summed E-state index contributed by atoms with van der Waals surface area (Å²) in [5, 5.41) is 6.50. The molecule has 154 valence electrons. The summed E-state index contributed by atoms with van der Waals surface area (Å²) in [6.45, 7) is 5.01. The number of rotatable bonds is 8. The van der Waals surface area contributed by atoms with E-state index in [4.69, 9.17) is 4.52 Å². The van der Waals surface area contributed by atoms with Gasteiger partial charge >= 0.3 is 11.8 Å². The van der Waals surface area contributed by atoms with Gasteiger partial charge in [-0.1, -0.05) is 48.8 Å². The number of hydrogen-bond donors (Lipinski definition) is 1. The molecule has 1 N–H and O–H groups in total. The standard InChI is InChI=1S/C20H25N5O4/c1-3-4-10-24-11-12-25(20(28)19(24)27)17(15-8-6-5-7-9-15)18(26)21-13-16-22-14(2)29-23-16/h5-9,17H,3-4,10-13H2,1-2H3,(H,21,26)/t17-/m0/s1. The molecule has 0 spiro atoms. The lowest BCUT2D eigenvalue weighted by Crippen LogP contribution is -2.57. The van der Waals surface area contributed by atoms with Crippen LogP contribution in [0.15, 0.2) is 34.9 Å². The molecule has 1 atom stereocenters. The van der Waals surface area contributed by atoms with Crippen LogP contribution in [0.4, 0.5) is 0 Å². The molecule has 1 aromatic carbocycles. The average Bonchev–Trinajstić information content (AvgIpc) is 3.15. The topological polar surface area (TPSA) is 109 Å². The molecule has 1 aliphatic heterocycles. The summed E-state index contributed by atoms with van der Waals surface area (Å²) >= 11 is 0. The summed E-state index contributed by atoms with van der Waals surface area (Å²) in [6.07, 6.45) is 1.78. The van der Waals surface area contributed by atoms with E-state index in [0.717, 1.165) is 12.8 Å². The first kappa shape index (κ1) is 20.5. The Hall–Kier alpha value is -3.23. The first-order chi connectivity index (χ1) is 14.0. The molecule has 0 aliphatic carbocycles. The third kappa shape index (κ3) is 4.79. The maximum atomic E-state index is 13.0. The number of aryl methyl sites for hydroxylation is 1. The first-order valence-corrected chi connectivity index (χ1v) is 9.73. The largest absolute Gasteiger partial charge is 0.347 e. The predicted molar refractivity (Wildman–Crippen MR) is 103 cm³/mol. The minimum absolute atomic E-state index is 0.0676. The Morgan fingerprint density at radius 1 is 1.21 bits per heavy atom. The van der Waals surface area contributed by atoms with E-state index in [2.05, 4.69) is 15.5 Å². The third-order valence-corrected chi connectivity index (χ3v) is 4.79. The number of amides is 3. The Labute approximate surface area is 169 Å². The number of piperazine rings is 1. The number of carbonyl (C=O) groups is 3. The first-order valence-electron chi connectivity index (χ1n) is 9.73. The predicted octanol–water partition coefficient (Wildman–Crippen LogP) is 1.21. The van der Waals surface area contributed by atoms with Crippen molar-refractivity contribution in [3.8, 4) is 0 Å². The highest BCUT2D eigenvalue weighted by Gasteiger charge is 2.39. The molecule has 3 amide bonds. The van der Waals surface area contributed by atoms with Gasteiger partial charge in [-0.15, -0.1) is 0 Å². The molecule has 1 aromatic heterocycles. The molecule has 29 heavy (non-hydrogen) atoms. The Kier molecular flexibility index (Phi) is 6.58. The number of unbranched alkanes of at least 4 members (excludes halogenated alkanes) is 1. The van der Waals surface area contributed by atoms with Gasteiger partial charge in [-0.25, -0.2) is 0 Å². The number of nitrogens with one attached hydrogen (secondary N) is 1. The van der Waals surface area contributed by atoms with Gasteiger partial charge in [0.1, 0.15) is 6.04 Å². The van der Waals surface area contributed by atoms with E-state index >= 15 is 0 Å². The number of aromatic nitrogens is 2. The lowest BCUT2D eigenvalue weighted by Gasteiger charge is -2.37. The highest BCUT2D eigenvalue weighted by molar-refractivity contribution is 6.35. The summed E-state index contributed by atoms with van der Waals surface area (Å²) in [5.41, 5.74) is 0.637. The quantitative estimate of drug-likeness (QED) is 0.669. The fraction of sp³-hybridized carbons (Fsp3) is 0.450. The fourth-order valence-corrected chi connectivity index (χ4v) is 3.28. The zero-order valence-corrected chi connectivity index (χ0v) is 16.6. The molecule has 0 radical (unpaired) electrons. The van der Waals surface area contributed by atoms with Crippen LogP contribution in [0.2, 0.25) is 0 Å². The van der Waals surface area contributed by atoms with Crippen molar-refractivity contribution in [1.82, 2.24) is 25.3 Å². The fourth-order valence-electron chi connectivity index (χ4n) is 3.28. The molecular weight excluding hydrogens is 374 g/mol. The van der Waals surface area contributed by atoms with E-state index in [0.29, 0.717) is 36.9 Å². The molecule has 2 aromatic rings. The minimum Gasteiger partial charge on any atom is -0.347 e. The summed E-state index contributed by atoms with van der Waals surface area (Å²) < 4.78 is 4.91. The monoisotopic (exact) mass is 399 g/mol. The van der Waals surface area contributed by atoms with Crippen molar-refractivity contribution in [2.75, 3.05) is 19.6 Å². The van der Waals surface area contributed by atoms with Crippen molar-refractivity contribution >= 4 is 17.7 Å². The van der Waals surface area contributed by atoms with Gasteiger partial charge in [0, 0.05) is 26.6 Å². The molecule has 0 bridgehead atoms. The molecule has 9 nitrogen and oxygen atoms in total. The van der Waals surface area contributed by atoms with Gasteiger partial charge in [-0.3, -0.25) is 14.4 Å². The Balaban J connectivity index is 1.78. The Morgan fingerprint density at radius 3 is 2.62 bits per heavy atom. The molecule has 1 saturated heterocycles. The van der Waals surface area contributed by atoms with E-state index in [9.17, 15) is 14.4 Å². The van der Waals surface area contributed by atoms with Crippen LogP contribution in [-0.2, 0) is 20.9 Å². The molecule has 9 heteroatoms. The summed E-state index contributed by atoms with van der Waals surface area (Å²) in [5.74, 6) is -0.881. The molecule has 0 unspecified atom stereocenters. The highest BCUT2D eigenvalue weighted by atomic mass is 16.5. The van der Waals surface area contributed by atoms with Crippen LogP contribution in [-0.4, -0.2) is 57.3 Å². The van der Waals surface area contributed by atoms with Gasteiger partial charge in [-0.2, -0.15) is 4.98 Å². The molecule has 2 heterocycles. The van der Waals surface area contributed by atoms with Gasteiger partial charge in [0.25, 0.3) is 0 Å². The molecular formula is C20H25N5O4. The van der Waals surface area contributed by atoms with Crippen molar-refractivity contribution in [3.05, 3.63) is 47.6 Å². The van der Waals surface area contributed by atoms with Crippen molar-refractivity contribution < 1.29 is 18.9 Å². The van der Waals surface area contributed by atoms with Crippen molar-refractivity contribution in [3.63, 3.8) is 0 Å². The van der Waals surface area contributed by atoms with Gasteiger partial charge in [0.05, 0.1) is 6.54 Å². The molecule has 1 aliphatic rings. The Bertz CT molecular complexity index is 867. The van der Waals surface area contributed by atoms with E-state index in [1.807, 2.05) is 13.0 Å². The van der Waals surface area contributed by atoms with Crippen molar-refractivity contribution in [2.45, 2.75) is 39.3 Å². The van der Waals surface area contributed by atoms with Crippen LogP contribution in [0.3, 0.4) is 0 Å². The van der Waals surface area contributed by atoms with E-state index in [1.54, 1.807) is 36.1 Å². The van der Waals surface area contributed by atoms with E-state index < -0.39 is 23.8 Å². The van der Waals surface area contributed by atoms with Gasteiger partial charge < -0.3 is 19.6 Å². The lowest BCUT2D eigenvalue weighted by atomic mass is 10.0. The van der Waals surface area contributed by atoms with Crippen LogP contribution in [0.25, 0.3) is 0 Å². The van der Waals surface area contributed by atoms with E-state index in [1.165, 1.54) is 4.90 Å². The molecule has 1 fully saturated rings. The number of benzene rings is 1. The van der Waals surface area contributed by atoms with Crippen LogP contribution in [0.5, 0.6) is 0 Å². The number of hydrogen-bond acceptors (Lipinski definition) is 6. The second kappa shape index (κ2) is 9.31. The zero-order valence-electron chi connectivity index (χ0n) is 16.6. The number of carbonyl (C=O) groups excluding carboxylic acids is 3. The zero-order chi connectivity index (χ0) is 20.8. The summed E-state index contributed by atoms with van der Waals surface area (Å²) in [7, 11) is 0. The Morgan fingerprint density at radius 2 is 1.97 bits per heavy atom. The van der Waals surface area contributed by atoms with Gasteiger partial charge in [0.15, 0.2) is 5.82 Å². The van der Waals surface area contributed by atoms with Gasteiger partial charge in [0.2, 0.25) is 11.8 Å². The second-order valence-electron chi connectivity index (χ2n) is 6.90. The lowest BCUT2D eigenvalue weighted by molar-refractivity contribution is -0.159.